The molecule has 1 saturated heterocycles. The summed E-state index contributed by atoms with van der Waals surface area (Å²) in [5, 5.41) is 0. The fourth-order valence-corrected chi connectivity index (χ4v) is 2.97. The van der Waals surface area contributed by atoms with Crippen LogP contribution in [0.3, 0.4) is 0 Å². The molecule has 0 aromatic rings. The van der Waals surface area contributed by atoms with E-state index in [1.807, 2.05) is 4.90 Å². The second-order valence-electron chi connectivity index (χ2n) is 6.13. The first kappa shape index (κ1) is 12.9. The summed E-state index contributed by atoms with van der Waals surface area (Å²) in [6, 6.07) is 0. The van der Waals surface area contributed by atoms with E-state index in [9.17, 15) is 9.59 Å². The molecule has 0 spiro atoms. The lowest BCUT2D eigenvalue weighted by atomic mass is 10.1. The maximum atomic E-state index is 12.0. The highest BCUT2D eigenvalue weighted by Gasteiger charge is 2.37. The third-order valence-electron chi connectivity index (χ3n) is 4.39. The smallest absolute Gasteiger partial charge is 0.248 e. The number of hydrogen-bond donors (Lipinski definition) is 1. The van der Waals surface area contributed by atoms with Crippen LogP contribution in [-0.4, -0.2) is 35.9 Å². The van der Waals surface area contributed by atoms with Crippen LogP contribution in [0.4, 0.5) is 0 Å². The van der Waals surface area contributed by atoms with E-state index in [0.29, 0.717) is 18.9 Å². The van der Waals surface area contributed by atoms with Crippen molar-refractivity contribution in [1.82, 2.24) is 10.4 Å². The lowest BCUT2D eigenvalue weighted by Crippen LogP contribution is -2.35. The molecule has 5 heteroatoms. The summed E-state index contributed by atoms with van der Waals surface area (Å²) >= 11 is 0. The van der Waals surface area contributed by atoms with Crippen LogP contribution in [-0.2, 0) is 14.4 Å². The lowest BCUT2D eigenvalue weighted by Gasteiger charge is -2.16. The summed E-state index contributed by atoms with van der Waals surface area (Å²) in [6.45, 7) is 1.40. The van der Waals surface area contributed by atoms with Crippen molar-refractivity contribution in [3.05, 3.63) is 0 Å². The molecular formula is C14H22N2O3. The summed E-state index contributed by atoms with van der Waals surface area (Å²) in [7, 11) is 0. The molecule has 3 rings (SSSR count). The quantitative estimate of drug-likeness (QED) is 0.762. The van der Waals surface area contributed by atoms with Crippen molar-refractivity contribution in [3.63, 3.8) is 0 Å². The van der Waals surface area contributed by atoms with Crippen LogP contribution >= 0.6 is 0 Å². The SMILES string of the molecule is O=C(NOC1CCCC1)C1CC(=O)N(CC2CC2)C1. The Labute approximate surface area is 113 Å². The first-order valence-corrected chi connectivity index (χ1v) is 7.45. The number of hydroxylamine groups is 1. The monoisotopic (exact) mass is 266 g/mol. The van der Waals surface area contributed by atoms with Gasteiger partial charge in [-0.15, -0.1) is 0 Å². The van der Waals surface area contributed by atoms with Crippen LogP contribution in [0.5, 0.6) is 0 Å². The van der Waals surface area contributed by atoms with Crippen molar-refractivity contribution in [2.45, 2.75) is 51.0 Å². The number of rotatable bonds is 5. The first-order chi connectivity index (χ1) is 9.22. The van der Waals surface area contributed by atoms with Gasteiger partial charge >= 0.3 is 0 Å². The Morgan fingerprint density at radius 1 is 1.26 bits per heavy atom. The van der Waals surface area contributed by atoms with Gasteiger partial charge in [0.25, 0.3) is 0 Å². The van der Waals surface area contributed by atoms with Crippen molar-refractivity contribution in [1.29, 1.82) is 0 Å². The second kappa shape index (κ2) is 5.49. The third kappa shape index (κ3) is 3.26. The van der Waals surface area contributed by atoms with Crippen molar-refractivity contribution >= 4 is 11.8 Å². The Morgan fingerprint density at radius 3 is 2.68 bits per heavy atom. The Hall–Kier alpha value is -1.10. The number of carbonyl (C=O) groups is 2. The zero-order chi connectivity index (χ0) is 13.2. The van der Waals surface area contributed by atoms with Crippen molar-refractivity contribution in [3.8, 4) is 0 Å². The van der Waals surface area contributed by atoms with E-state index >= 15 is 0 Å². The molecule has 1 atom stereocenters. The molecule has 0 aromatic heterocycles. The van der Waals surface area contributed by atoms with E-state index in [-0.39, 0.29) is 23.8 Å². The Balaban J connectivity index is 1.43. The van der Waals surface area contributed by atoms with Gasteiger partial charge in [-0.3, -0.25) is 14.4 Å². The van der Waals surface area contributed by atoms with Gasteiger partial charge in [-0.05, 0) is 31.6 Å². The molecule has 1 N–H and O–H groups in total. The fraction of sp³-hybridized carbons (Fsp3) is 0.857. The van der Waals surface area contributed by atoms with E-state index in [2.05, 4.69) is 5.48 Å². The summed E-state index contributed by atoms with van der Waals surface area (Å²) < 4.78 is 0. The largest absolute Gasteiger partial charge is 0.342 e. The molecule has 2 aliphatic carbocycles. The molecule has 1 heterocycles. The first-order valence-electron chi connectivity index (χ1n) is 7.45. The second-order valence-corrected chi connectivity index (χ2v) is 6.13. The molecule has 2 amide bonds. The third-order valence-corrected chi connectivity index (χ3v) is 4.39. The Bertz CT molecular complexity index is 362. The molecule has 3 fully saturated rings. The minimum Gasteiger partial charge on any atom is -0.342 e. The molecule has 2 saturated carbocycles. The molecule has 19 heavy (non-hydrogen) atoms. The minimum atomic E-state index is -0.229. The van der Waals surface area contributed by atoms with Gasteiger partial charge in [0.15, 0.2) is 0 Å². The number of carbonyl (C=O) groups excluding carboxylic acids is 2. The van der Waals surface area contributed by atoms with Gasteiger partial charge in [0, 0.05) is 19.5 Å². The normalized spacial score (nSPS) is 28.1. The molecule has 0 radical (unpaired) electrons. The highest BCUT2D eigenvalue weighted by Crippen LogP contribution is 2.32. The molecule has 1 unspecified atom stereocenters. The van der Waals surface area contributed by atoms with E-state index in [0.717, 1.165) is 19.4 Å². The Morgan fingerprint density at radius 2 is 2.00 bits per heavy atom. The van der Waals surface area contributed by atoms with Crippen molar-refractivity contribution in [2.24, 2.45) is 11.8 Å². The minimum absolute atomic E-state index is 0.118. The summed E-state index contributed by atoms with van der Waals surface area (Å²) in [6.07, 6.45) is 7.37. The summed E-state index contributed by atoms with van der Waals surface area (Å²) in [4.78, 5) is 31.1. The predicted molar refractivity (Wildman–Crippen MR) is 68.9 cm³/mol. The maximum Gasteiger partial charge on any atom is 0.248 e. The highest BCUT2D eigenvalue weighted by atomic mass is 16.7. The van der Waals surface area contributed by atoms with Crippen LogP contribution in [0.2, 0.25) is 0 Å². The zero-order valence-corrected chi connectivity index (χ0v) is 11.3. The fourth-order valence-electron chi connectivity index (χ4n) is 2.97. The average molecular weight is 266 g/mol. The van der Waals surface area contributed by atoms with Crippen molar-refractivity contribution in [2.75, 3.05) is 13.1 Å². The van der Waals surface area contributed by atoms with Gasteiger partial charge in [0.05, 0.1) is 12.0 Å². The molecule has 0 bridgehead atoms. The standard InChI is InChI=1S/C14H22N2O3/c17-13-7-11(9-16(13)8-10-5-6-10)14(18)15-19-12-3-1-2-4-12/h10-12H,1-9H2,(H,15,18). The maximum absolute atomic E-state index is 12.0. The lowest BCUT2D eigenvalue weighted by molar-refractivity contribution is -0.142. The van der Waals surface area contributed by atoms with Crippen LogP contribution in [0, 0.1) is 11.8 Å². The number of amides is 2. The summed E-state index contributed by atoms with van der Waals surface area (Å²) in [5.41, 5.74) is 2.56. The van der Waals surface area contributed by atoms with Crippen LogP contribution in [0.25, 0.3) is 0 Å². The number of nitrogens with one attached hydrogen (secondary N) is 1. The average Bonchev–Trinajstić information content (AvgIpc) is 2.91. The molecule has 1 aliphatic heterocycles. The Kier molecular flexibility index (Phi) is 3.73. The van der Waals surface area contributed by atoms with E-state index in [1.165, 1.54) is 25.7 Å². The van der Waals surface area contributed by atoms with E-state index in [4.69, 9.17) is 4.84 Å². The van der Waals surface area contributed by atoms with Crippen LogP contribution in [0.1, 0.15) is 44.9 Å². The molecule has 0 aromatic carbocycles. The molecular weight excluding hydrogens is 244 g/mol. The van der Waals surface area contributed by atoms with Gasteiger partial charge in [0.1, 0.15) is 0 Å². The molecule has 3 aliphatic rings. The van der Waals surface area contributed by atoms with Gasteiger partial charge in [-0.1, -0.05) is 12.8 Å². The summed E-state index contributed by atoms with van der Waals surface area (Å²) in [5.74, 6) is 0.444. The van der Waals surface area contributed by atoms with E-state index in [1.54, 1.807) is 0 Å². The number of hydrogen-bond acceptors (Lipinski definition) is 3. The van der Waals surface area contributed by atoms with Crippen LogP contribution < -0.4 is 5.48 Å². The number of likely N-dealkylation sites (tertiary alicyclic amines) is 1. The molecule has 5 nitrogen and oxygen atoms in total. The van der Waals surface area contributed by atoms with Gasteiger partial charge in [0.2, 0.25) is 11.8 Å². The van der Waals surface area contributed by atoms with Gasteiger partial charge in [-0.2, -0.15) is 0 Å². The molecule has 106 valence electrons. The van der Waals surface area contributed by atoms with Crippen LogP contribution in [0.15, 0.2) is 0 Å². The highest BCUT2D eigenvalue weighted by molar-refractivity contribution is 5.88. The number of nitrogens with zero attached hydrogens (tertiary/aromatic N) is 1. The zero-order valence-electron chi connectivity index (χ0n) is 11.3. The topological polar surface area (TPSA) is 58.6 Å². The van der Waals surface area contributed by atoms with Gasteiger partial charge in [-0.25, -0.2) is 5.48 Å². The van der Waals surface area contributed by atoms with E-state index < -0.39 is 0 Å². The van der Waals surface area contributed by atoms with Gasteiger partial charge < -0.3 is 4.90 Å². The predicted octanol–water partition coefficient (Wildman–Crippen LogP) is 1.24. The van der Waals surface area contributed by atoms with Crippen molar-refractivity contribution < 1.29 is 14.4 Å².